The van der Waals surface area contributed by atoms with Crippen molar-refractivity contribution in [1.29, 1.82) is 0 Å². The molecule has 8 saturated carbocycles. The van der Waals surface area contributed by atoms with Crippen LogP contribution in [0.3, 0.4) is 0 Å². The fraction of sp³-hybridized carbons (Fsp3) is 1.00. The Morgan fingerprint density at radius 2 is 0.957 bits per heavy atom. The van der Waals surface area contributed by atoms with Crippen LogP contribution in [0.25, 0.3) is 0 Å². The van der Waals surface area contributed by atoms with Gasteiger partial charge < -0.3 is 5.73 Å². The Hall–Kier alpha value is -0.0400. The first-order valence-corrected chi connectivity index (χ1v) is 10.6. The molecule has 0 amide bonds. The average Bonchev–Trinajstić information content (AvgIpc) is 2.30. The van der Waals surface area contributed by atoms with Gasteiger partial charge in [-0.25, -0.2) is 0 Å². The molecule has 2 unspecified atom stereocenters. The van der Waals surface area contributed by atoms with E-state index in [-0.39, 0.29) is 5.54 Å². The first kappa shape index (κ1) is 15.2. The second kappa shape index (κ2) is 4.77. The lowest BCUT2D eigenvalue weighted by molar-refractivity contribution is -0.104. The van der Waals surface area contributed by atoms with Crippen molar-refractivity contribution < 1.29 is 0 Å². The normalized spacial score (nSPS) is 61.4. The molecule has 130 valence electrons. The molecule has 0 spiro atoms. The van der Waals surface area contributed by atoms with Crippen LogP contribution in [-0.2, 0) is 0 Å². The van der Waals surface area contributed by atoms with Crippen molar-refractivity contribution in [2.75, 3.05) is 0 Å². The lowest BCUT2D eigenvalue weighted by Gasteiger charge is -2.64. The van der Waals surface area contributed by atoms with Gasteiger partial charge in [0.2, 0.25) is 0 Å². The van der Waals surface area contributed by atoms with Gasteiger partial charge in [-0.15, -0.1) is 0 Å². The Balaban J connectivity index is 0.000000109. The monoisotopic (exact) mass is 315 g/mol. The number of hydrogen-bond acceptors (Lipinski definition) is 1. The van der Waals surface area contributed by atoms with Gasteiger partial charge >= 0.3 is 0 Å². The van der Waals surface area contributed by atoms with Gasteiger partial charge in [-0.3, -0.25) is 0 Å². The quantitative estimate of drug-likeness (QED) is 0.625. The highest BCUT2D eigenvalue weighted by Crippen LogP contribution is 2.65. The van der Waals surface area contributed by atoms with E-state index in [1.165, 1.54) is 62.2 Å². The van der Waals surface area contributed by atoms with Crippen LogP contribution in [-0.4, -0.2) is 5.54 Å². The molecule has 8 fully saturated rings. The van der Waals surface area contributed by atoms with Crippen molar-refractivity contribution in [3.8, 4) is 0 Å². The maximum atomic E-state index is 6.49. The maximum absolute atomic E-state index is 6.49. The Morgan fingerprint density at radius 3 is 1.26 bits per heavy atom. The van der Waals surface area contributed by atoms with Gasteiger partial charge in [0.1, 0.15) is 0 Å². The number of hydrogen-bond donors (Lipinski definition) is 1. The van der Waals surface area contributed by atoms with Gasteiger partial charge in [-0.05, 0) is 117 Å². The molecule has 8 bridgehead atoms. The van der Waals surface area contributed by atoms with Gasteiger partial charge in [0, 0.05) is 5.54 Å². The van der Waals surface area contributed by atoms with E-state index in [0.717, 1.165) is 5.92 Å². The first-order valence-electron chi connectivity index (χ1n) is 10.6. The predicted molar refractivity (Wildman–Crippen MR) is 96.0 cm³/mol. The van der Waals surface area contributed by atoms with Crippen LogP contribution in [0.5, 0.6) is 0 Å². The van der Waals surface area contributed by atoms with E-state index in [0.29, 0.717) is 10.8 Å². The molecule has 0 aromatic heterocycles. The van der Waals surface area contributed by atoms with Crippen LogP contribution >= 0.6 is 0 Å². The zero-order valence-electron chi connectivity index (χ0n) is 15.4. The van der Waals surface area contributed by atoms with Crippen LogP contribution in [0.1, 0.15) is 90.9 Å². The van der Waals surface area contributed by atoms with E-state index in [9.17, 15) is 0 Å². The lowest BCUT2D eigenvalue weighted by Crippen LogP contribution is -2.62. The van der Waals surface area contributed by atoms with Crippen molar-refractivity contribution in [1.82, 2.24) is 0 Å². The third-order valence-electron chi connectivity index (χ3n) is 8.67. The molecule has 0 heterocycles. The van der Waals surface area contributed by atoms with Gasteiger partial charge in [0.15, 0.2) is 0 Å². The van der Waals surface area contributed by atoms with Crippen LogP contribution in [0.4, 0.5) is 0 Å². The summed E-state index contributed by atoms with van der Waals surface area (Å²) in [5.74, 6) is 5.66. The van der Waals surface area contributed by atoms with E-state index in [1.807, 2.05) is 0 Å². The molecular weight excluding hydrogens is 278 g/mol. The first-order chi connectivity index (χ1) is 10.8. The summed E-state index contributed by atoms with van der Waals surface area (Å²) in [6.07, 6.45) is 17.9. The van der Waals surface area contributed by atoms with Crippen molar-refractivity contribution in [3.05, 3.63) is 0 Å². The van der Waals surface area contributed by atoms with Crippen molar-refractivity contribution in [3.63, 3.8) is 0 Å². The Bertz CT molecular complexity index is 387. The molecule has 0 aliphatic heterocycles. The van der Waals surface area contributed by atoms with Crippen molar-refractivity contribution in [2.24, 2.45) is 46.2 Å². The summed E-state index contributed by atoms with van der Waals surface area (Å²) in [6.45, 7) is 4.94. The minimum absolute atomic E-state index is 0.225. The van der Waals surface area contributed by atoms with Crippen LogP contribution in [0.15, 0.2) is 0 Å². The second-order valence-corrected chi connectivity index (χ2v) is 11.9. The van der Waals surface area contributed by atoms with Gasteiger partial charge in [-0.1, -0.05) is 13.8 Å². The molecule has 0 aromatic rings. The Labute approximate surface area is 143 Å². The summed E-state index contributed by atoms with van der Waals surface area (Å²) in [4.78, 5) is 0. The van der Waals surface area contributed by atoms with Crippen LogP contribution in [0.2, 0.25) is 0 Å². The van der Waals surface area contributed by atoms with Gasteiger partial charge in [0.25, 0.3) is 0 Å². The third kappa shape index (κ3) is 2.70. The van der Waals surface area contributed by atoms with Gasteiger partial charge in [0.05, 0.1) is 0 Å². The van der Waals surface area contributed by atoms with E-state index in [1.54, 1.807) is 38.5 Å². The number of nitrogens with two attached hydrogens (primary N) is 1. The van der Waals surface area contributed by atoms with E-state index in [2.05, 4.69) is 13.8 Å². The summed E-state index contributed by atoms with van der Waals surface area (Å²) in [6, 6.07) is 0. The van der Waals surface area contributed by atoms with Gasteiger partial charge in [-0.2, -0.15) is 0 Å². The fourth-order valence-corrected chi connectivity index (χ4v) is 9.52. The molecule has 1 nitrogen and oxygen atoms in total. The molecule has 0 aromatic carbocycles. The molecule has 8 rings (SSSR count). The van der Waals surface area contributed by atoms with E-state index < -0.39 is 0 Å². The average molecular weight is 316 g/mol. The number of rotatable bonds is 0. The summed E-state index contributed by atoms with van der Waals surface area (Å²) in [5, 5.41) is 0. The van der Waals surface area contributed by atoms with Crippen molar-refractivity contribution in [2.45, 2.75) is 96.4 Å². The minimum Gasteiger partial charge on any atom is -0.325 e. The summed E-state index contributed by atoms with van der Waals surface area (Å²) in [7, 11) is 0. The molecular formula is C22H37N. The highest BCUT2D eigenvalue weighted by Gasteiger charge is 2.58. The molecule has 23 heavy (non-hydrogen) atoms. The second-order valence-electron chi connectivity index (χ2n) is 11.9. The van der Waals surface area contributed by atoms with Crippen LogP contribution < -0.4 is 5.73 Å². The highest BCUT2D eigenvalue weighted by molar-refractivity contribution is 5.12. The summed E-state index contributed by atoms with van der Waals surface area (Å²) in [5.41, 5.74) is 7.92. The Kier molecular flexibility index (Phi) is 3.16. The Morgan fingerprint density at radius 1 is 0.565 bits per heavy atom. The zero-order valence-corrected chi connectivity index (χ0v) is 15.4. The highest BCUT2D eigenvalue weighted by atomic mass is 14.8. The fourth-order valence-electron chi connectivity index (χ4n) is 9.52. The summed E-state index contributed by atoms with van der Waals surface area (Å²) >= 11 is 0. The zero-order chi connectivity index (χ0) is 15.9. The molecule has 8 aliphatic carbocycles. The molecule has 2 N–H and O–H groups in total. The minimum atomic E-state index is 0.225. The third-order valence-corrected chi connectivity index (χ3v) is 8.67. The smallest absolute Gasteiger partial charge is 0.0167 e. The molecule has 8 aliphatic rings. The molecule has 2 atom stereocenters. The van der Waals surface area contributed by atoms with E-state index in [4.69, 9.17) is 5.73 Å². The van der Waals surface area contributed by atoms with E-state index >= 15 is 0 Å². The molecule has 0 radical (unpaired) electrons. The standard InChI is InChI=1S/C12H21N.C10H16/c1-10-3-9-4-11(2,6-10)8-12(13,5-9)7-10;1-7-2-9-4-8(1)5-10(3-7)6-9/h9H,3-8,13H2,1-2H3;7-10H,1-6H2. The molecule has 1 heteroatoms. The lowest BCUT2D eigenvalue weighted by atomic mass is 9.43. The maximum Gasteiger partial charge on any atom is 0.0167 e. The van der Waals surface area contributed by atoms with Crippen molar-refractivity contribution >= 4 is 0 Å². The molecule has 0 saturated heterocycles. The SMILES string of the molecule is C1C2CC3CC1CC(C2)C3.CC12CC3CC(C)(C1)CC(N)(C3)C2. The summed E-state index contributed by atoms with van der Waals surface area (Å²) < 4.78 is 0. The van der Waals surface area contributed by atoms with Crippen LogP contribution in [0, 0.1) is 40.4 Å². The topological polar surface area (TPSA) is 26.0 Å². The largest absolute Gasteiger partial charge is 0.325 e. The predicted octanol–water partition coefficient (Wildman–Crippen LogP) is 5.53.